The molecule has 2 saturated carbocycles. The van der Waals surface area contributed by atoms with Crippen LogP contribution in [0.3, 0.4) is 0 Å². The fourth-order valence-corrected chi connectivity index (χ4v) is 3.91. The van der Waals surface area contributed by atoms with Crippen LogP contribution in [0.15, 0.2) is 6.07 Å². The molecule has 1 heterocycles. The molecule has 0 aliphatic heterocycles. The topological polar surface area (TPSA) is 37.8 Å². The molecule has 3 heteroatoms. The first-order valence-electron chi connectivity index (χ1n) is 8.99. The summed E-state index contributed by atoms with van der Waals surface area (Å²) in [7, 11) is 0. The number of rotatable bonds is 4. The molecule has 1 aromatic rings. The molecule has 0 radical (unpaired) electrons. The zero-order chi connectivity index (χ0) is 14.5. The van der Waals surface area contributed by atoms with Crippen molar-refractivity contribution in [2.75, 3.05) is 11.9 Å². The van der Waals surface area contributed by atoms with Crippen LogP contribution in [0.2, 0.25) is 0 Å². The van der Waals surface area contributed by atoms with Gasteiger partial charge >= 0.3 is 0 Å². The fourth-order valence-electron chi connectivity index (χ4n) is 3.91. The maximum Gasteiger partial charge on any atom is 0.134 e. The number of nitrogens with one attached hydrogen (secondary N) is 1. The van der Waals surface area contributed by atoms with Crippen molar-refractivity contribution in [3.63, 3.8) is 0 Å². The van der Waals surface area contributed by atoms with Gasteiger partial charge in [0.2, 0.25) is 0 Å². The third-order valence-electron chi connectivity index (χ3n) is 5.11. The smallest absolute Gasteiger partial charge is 0.134 e. The highest BCUT2D eigenvalue weighted by Gasteiger charge is 2.23. The van der Waals surface area contributed by atoms with E-state index in [2.05, 4.69) is 18.3 Å². The Morgan fingerprint density at radius 1 is 0.905 bits per heavy atom. The van der Waals surface area contributed by atoms with Crippen LogP contribution in [0.4, 0.5) is 5.82 Å². The van der Waals surface area contributed by atoms with E-state index in [9.17, 15) is 0 Å². The van der Waals surface area contributed by atoms with Gasteiger partial charge in [0.1, 0.15) is 11.6 Å². The predicted molar refractivity (Wildman–Crippen MR) is 87.8 cm³/mol. The first kappa shape index (κ1) is 14.8. The molecule has 0 bridgehead atoms. The maximum atomic E-state index is 5.01. The Balaban J connectivity index is 1.86. The average Bonchev–Trinajstić information content (AvgIpc) is 2.90. The van der Waals surface area contributed by atoms with Gasteiger partial charge in [-0.25, -0.2) is 9.97 Å². The fraction of sp³-hybridized carbons (Fsp3) is 0.778. The lowest BCUT2D eigenvalue weighted by molar-refractivity contribution is 0.552. The Morgan fingerprint density at radius 2 is 1.52 bits per heavy atom. The summed E-state index contributed by atoms with van der Waals surface area (Å²) < 4.78 is 0. The van der Waals surface area contributed by atoms with Crippen molar-refractivity contribution in [2.45, 2.75) is 83.0 Å². The average molecular weight is 287 g/mol. The molecular formula is C18H29N3. The molecular weight excluding hydrogens is 258 g/mol. The lowest BCUT2D eigenvalue weighted by Crippen LogP contribution is -2.11. The summed E-state index contributed by atoms with van der Waals surface area (Å²) in [5, 5.41) is 3.42. The zero-order valence-electron chi connectivity index (χ0n) is 13.4. The van der Waals surface area contributed by atoms with E-state index in [4.69, 9.17) is 9.97 Å². The third-order valence-corrected chi connectivity index (χ3v) is 5.11. The second-order valence-corrected chi connectivity index (χ2v) is 6.74. The molecule has 0 aromatic carbocycles. The van der Waals surface area contributed by atoms with Crippen LogP contribution >= 0.6 is 0 Å². The molecule has 0 amide bonds. The van der Waals surface area contributed by atoms with Crippen molar-refractivity contribution in [1.82, 2.24) is 9.97 Å². The summed E-state index contributed by atoms with van der Waals surface area (Å²) >= 11 is 0. The van der Waals surface area contributed by atoms with Gasteiger partial charge in [0.25, 0.3) is 0 Å². The van der Waals surface area contributed by atoms with Crippen molar-refractivity contribution < 1.29 is 0 Å². The minimum atomic E-state index is 0.589. The minimum absolute atomic E-state index is 0.589. The minimum Gasteiger partial charge on any atom is -0.370 e. The van der Waals surface area contributed by atoms with Crippen LogP contribution in [0, 0.1) is 0 Å². The molecule has 3 nitrogen and oxygen atoms in total. The first-order chi connectivity index (χ1) is 10.4. The van der Waals surface area contributed by atoms with Gasteiger partial charge in [-0.05, 0) is 32.6 Å². The van der Waals surface area contributed by atoms with Gasteiger partial charge in [0.15, 0.2) is 0 Å². The van der Waals surface area contributed by atoms with Gasteiger partial charge in [-0.3, -0.25) is 0 Å². The van der Waals surface area contributed by atoms with E-state index in [-0.39, 0.29) is 0 Å². The molecule has 2 aliphatic carbocycles. The van der Waals surface area contributed by atoms with E-state index in [0.717, 1.165) is 18.2 Å². The van der Waals surface area contributed by atoms with E-state index < -0.39 is 0 Å². The van der Waals surface area contributed by atoms with Crippen LogP contribution in [0.25, 0.3) is 0 Å². The highest BCUT2D eigenvalue weighted by Crippen LogP contribution is 2.36. The van der Waals surface area contributed by atoms with Crippen molar-refractivity contribution >= 4 is 5.82 Å². The van der Waals surface area contributed by atoms with E-state index in [1.807, 2.05) is 0 Å². The summed E-state index contributed by atoms with van der Waals surface area (Å²) in [6.07, 6.45) is 13.4. The van der Waals surface area contributed by atoms with Gasteiger partial charge < -0.3 is 5.32 Å². The Hall–Kier alpha value is -1.12. The second-order valence-electron chi connectivity index (χ2n) is 6.74. The molecule has 21 heavy (non-hydrogen) atoms. The molecule has 116 valence electrons. The number of anilines is 1. The van der Waals surface area contributed by atoms with Gasteiger partial charge in [0, 0.05) is 30.1 Å². The molecule has 0 unspecified atom stereocenters. The van der Waals surface area contributed by atoms with E-state index >= 15 is 0 Å². The number of hydrogen-bond donors (Lipinski definition) is 1. The Bertz CT molecular complexity index is 444. The molecule has 3 rings (SSSR count). The van der Waals surface area contributed by atoms with E-state index in [1.54, 1.807) is 0 Å². The number of nitrogens with zero attached hydrogens (tertiary/aromatic N) is 2. The maximum absolute atomic E-state index is 5.01. The van der Waals surface area contributed by atoms with Crippen molar-refractivity contribution in [1.29, 1.82) is 0 Å². The van der Waals surface area contributed by atoms with Crippen molar-refractivity contribution in [3.8, 4) is 0 Å². The van der Waals surface area contributed by atoms with Crippen LogP contribution in [-0.2, 0) is 0 Å². The normalized spacial score (nSPS) is 21.4. The molecule has 2 fully saturated rings. The zero-order valence-corrected chi connectivity index (χ0v) is 13.4. The molecule has 0 spiro atoms. The summed E-state index contributed by atoms with van der Waals surface area (Å²) in [5.41, 5.74) is 1.30. The predicted octanol–water partition coefficient (Wildman–Crippen LogP) is 5.00. The van der Waals surface area contributed by atoms with Crippen molar-refractivity contribution in [3.05, 3.63) is 17.6 Å². The molecule has 2 aliphatic rings. The third kappa shape index (κ3) is 3.75. The van der Waals surface area contributed by atoms with Crippen LogP contribution in [0.5, 0.6) is 0 Å². The van der Waals surface area contributed by atoms with E-state index in [0.29, 0.717) is 11.8 Å². The molecule has 0 saturated heterocycles. The van der Waals surface area contributed by atoms with Gasteiger partial charge in [-0.15, -0.1) is 0 Å². The highest BCUT2D eigenvalue weighted by atomic mass is 15.0. The molecule has 1 aromatic heterocycles. The van der Waals surface area contributed by atoms with Crippen LogP contribution in [-0.4, -0.2) is 16.5 Å². The standard InChI is InChI=1S/C18H29N3/c1-2-19-17-13-16(14-9-7-8-10-14)20-18(21-17)15-11-5-3-4-6-12-15/h13-15H,2-12H2,1H3,(H,19,20,21). The lowest BCUT2D eigenvalue weighted by Gasteiger charge is -2.17. The van der Waals surface area contributed by atoms with Gasteiger partial charge in [0.05, 0.1) is 0 Å². The second kappa shape index (κ2) is 7.24. The highest BCUT2D eigenvalue weighted by molar-refractivity contribution is 5.37. The number of hydrogen-bond acceptors (Lipinski definition) is 3. The lowest BCUT2D eigenvalue weighted by atomic mass is 9.98. The summed E-state index contributed by atoms with van der Waals surface area (Å²) in [4.78, 5) is 9.85. The number of aromatic nitrogens is 2. The van der Waals surface area contributed by atoms with Crippen LogP contribution < -0.4 is 5.32 Å². The Morgan fingerprint density at radius 3 is 2.19 bits per heavy atom. The molecule has 0 atom stereocenters. The quantitative estimate of drug-likeness (QED) is 0.791. The van der Waals surface area contributed by atoms with Crippen LogP contribution in [0.1, 0.15) is 94.5 Å². The van der Waals surface area contributed by atoms with Crippen molar-refractivity contribution in [2.24, 2.45) is 0 Å². The van der Waals surface area contributed by atoms with Gasteiger partial charge in [-0.2, -0.15) is 0 Å². The molecule has 1 N–H and O–H groups in total. The SMILES string of the molecule is CCNc1cc(C2CCCC2)nc(C2CCCCCC2)n1. The summed E-state index contributed by atoms with van der Waals surface area (Å²) in [6.45, 7) is 3.08. The van der Waals surface area contributed by atoms with E-state index in [1.165, 1.54) is 69.9 Å². The monoisotopic (exact) mass is 287 g/mol. The summed E-state index contributed by atoms with van der Waals surface area (Å²) in [6, 6.07) is 2.21. The Labute approximate surface area is 129 Å². The largest absolute Gasteiger partial charge is 0.370 e. The summed E-state index contributed by atoms with van der Waals surface area (Å²) in [5.74, 6) is 3.44. The first-order valence-corrected chi connectivity index (χ1v) is 8.99. The van der Waals surface area contributed by atoms with Gasteiger partial charge in [-0.1, -0.05) is 38.5 Å². The Kier molecular flexibility index (Phi) is 5.10.